The number of benzene rings is 1. The Morgan fingerprint density at radius 2 is 2.29 bits per heavy atom. The summed E-state index contributed by atoms with van der Waals surface area (Å²) in [7, 11) is 0. The number of hydrogen-bond donors (Lipinski definition) is 1. The van der Waals surface area contributed by atoms with E-state index in [9.17, 15) is 5.11 Å². The molecule has 0 radical (unpaired) electrons. The van der Waals surface area contributed by atoms with Gasteiger partial charge in [-0.05, 0) is 48.9 Å². The van der Waals surface area contributed by atoms with Gasteiger partial charge in [-0.3, -0.25) is 0 Å². The summed E-state index contributed by atoms with van der Waals surface area (Å²) in [5, 5.41) is 9.71. The number of rotatable bonds is 3. The molecular weight excluding hydrogens is 216 g/mol. The zero-order valence-electron chi connectivity index (χ0n) is 9.89. The Labute approximate surface area is 101 Å². The van der Waals surface area contributed by atoms with Crippen LogP contribution < -0.4 is 4.74 Å². The fraction of sp³-hybridized carbons (Fsp3) is 0.571. The second kappa shape index (κ2) is 4.67. The molecule has 3 nitrogen and oxygen atoms in total. The van der Waals surface area contributed by atoms with Gasteiger partial charge in [0.1, 0.15) is 12.4 Å². The number of fused-ring (bicyclic) bond motifs is 1. The average Bonchev–Trinajstić information content (AvgIpc) is 2.97. The second-order valence-corrected chi connectivity index (χ2v) is 4.86. The van der Waals surface area contributed by atoms with Crippen LogP contribution in [0.3, 0.4) is 0 Å². The van der Waals surface area contributed by atoms with Crippen LogP contribution in [0.4, 0.5) is 0 Å². The fourth-order valence-corrected chi connectivity index (χ4v) is 2.63. The molecule has 3 heteroatoms. The number of aliphatic hydroxyl groups excluding tert-OH is 1. The molecule has 1 saturated heterocycles. The highest BCUT2D eigenvalue weighted by Crippen LogP contribution is 2.33. The molecule has 2 atom stereocenters. The van der Waals surface area contributed by atoms with E-state index < -0.39 is 0 Å². The second-order valence-electron chi connectivity index (χ2n) is 4.86. The zero-order chi connectivity index (χ0) is 11.7. The van der Waals surface area contributed by atoms with E-state index in [1.165, 1.54) is 5.56 Å². The molecule has 0 aromatic heterocycles. The Balaban J connectivity index is 1.64. The van der Waals surface area contributed by atoms with E-state index in [2.05, 4.69) is 6.07 Å². The van der Waals surface area contributed by atoms with Crippen molar-refractivity contribution in [2.24, 2.45) is 0 Å². The monoisotopic (exact) mass is 234 g/mol. The minimum Gasteiger partial charge on any atom is -0.491 e. The van der Waals surface area contributed by atoms with E-state index in [4.69, 9.17) is 9.47 Å². The molecule has 1 aromatic rings. The summed E-state index contributed by atoms with van der Waals surface area (Å²) in [4.78, 5) is 0. The molecule has 1 aliphatic carbocycles. The number of hydrogen-bond acceptors (Lipinski definition) is 3. The average molecular weight is 234 g/mol. The molecule has 2 aliphatic rings. The molecule has 1 aromatic carbocycles. The Morgan fingerprint density at radius 3 is 3.12 bits per heavy atom. The molecular formula is C14H18O3. The number of aliphatic hydroxyl groups is 1. The summed E-state index contributed by atoms with van der Waals surface area (Å²) >= 11 is 0. The van der Waals surface area contributed by atoms with Crippen LogP contribution in [0.5, 0.6) is 5.75 Å². The first-order valence-electron chi connectivity index (χ1n) is 6.38. The first-order chi connectivity index (χ1) is 8.33. The van der Waals surface area contributed by atoms with Gasteiger partial charge in [0.2, 0.25) is 0 Å². The predicted molar refractivity (Wildman–Crippen MR) is 64.2 cm³/mol. The quantitative estimate of drug-likeness (QED) is 0.871. The zero-order valence-corrected chi connectivity index (χ0v) is 9.89. The largest absolute Gasteiger partial charge is 0.491 e. The van der Waals surface area contributed by atoms with Crippen molar-refractivity contribution in [1.29, 1.82) is 0 Å². The Morgan fingerprint density at radius 1 is 1.35 bits per heavy atom. The van der Waals surface area contributed by atoms with Crippen molar-refractivity contribution in [2.75, 3.05) is 13.2 Å². The third-order valence-electron chi connectivity index (χ3n) is 3.62. The van der Waals surface area contributed by atoms with Gasteiger partial charge in [0, 0.05) is 6.61 Å². The topological polar surface area (TPSA) is 38.7 Å². The van der Waals surface area contributed by atoms with Crippen LogP contribution in [-0.4, -0.2) is 24.4 Å². The van der Waals surface area contributed by atoms with Crippen LogP contribution in [0.25, 0.3) is 0 Å². The molecule has 0 spiro atoms. The van der Waals surface area contributed by atoms with Crippen LogP contribution in [0.1, 0.15) is 36.5 Å². The molecule has 1 heterocycles. The molecule has 0 bridgehead atoms. The lowest BCUT2D eigenvalue weighted by Gasteiger charge is -2.12. The van der Waals surface area contributed by atoms with E-state index in [1.54, 1.807) is 0 Å². The van der Waals surface area contributed by atoms with Crippen LogP contribution in [-0.2, 0) is 11.2 Å². The third-order valence-corrected chi connectivity index (χ3v) is 3.62. The summed E-state index contributed by atoms with van der Waals surface area (Å²) in [6.45, 7) is 1.51. The van der Waals surface area contributed by atoms with Crippen molar-refractivity contribution >= 4 is 0 Å². The van der Waals surface area contributed by atoms with Crippen molar-refractivity contribution in [3.8, 4) is 5.75 Å². The van der Waals surface area contributed by atoms with Gasteiger partial charge in [-0.1, -0.05) is 6.07 Å². The summed E-state index contributed by atoms with van der Waals surface area (Å²) in [5.41, 5.74) is 2.29. The molecule has 2 unspecified atom stereocenters. The summed E-state index contributed by atoms with van der Waals surface area (Å²) < 4.78 is 11.3. The molecule has 92 valence electrons. The van der Waals surface area contributed by atoms with Crippen LogP contribution in [0, 0.1) is 0 Å². The molecule has 0 amide bonds. The summed E-state index contributed by atoms with van der Waals surface area (Å²) in [5.74, 6) is 0.897. The van der Waals surface area contributed by atoms with Crippen molar-refractivity contribution in [2.45, 2.75) is 37.9 Å². The van der Waals surface area contributed by atoms with Gasteiger partial charge in [0.05, 0.1) is 12.2 Å². The van der Waals surface area contributed by atoms with E-state index >= 15 is 0 Å². The Bertz CT molecular complexity index is 396. The first-order valence-corrected chi connectivity index (χ1v) is 6.38. The normalized spacial score (nSPS) is 27.1. The van der Waals surface area contributed by atoms with Gasteiger partial charge in [-0.2, -0.15) is 0 Å². The molecule has 1 N–H and O–H groups in total. The lowest BCUT2D eigenvalue weighted by molar-refractivity contribution is 0.0679. The predicted octanol–water partition coefficient (Wildman–Crippen LogP) is 2.22. The van der Waals surface area contributed by atoms with Gasteiger partial charge >= 0.3 is 0 Å². The SMILES string of the molecule is OC1CCc2cc(OCC3CCCO3)ccc21. The van der Waals surface area contributed by atoms with E-state index in [1.807, 2.05) is 12.1 Å². The van der Waals surface area contributed by atoms with E-state index in [0.29, 0.717) is 6.61 Å². The molecule has 3 rings (SSSR count). The van der Waals surface area contributed by atoms with Gasteiger partial charge < -0.3 is 14.6 Å². The first kappa shape index (κ1) is 11.1. The molecule has 0 saturated carbocycles. The smallest absolute Gasteiger partial charge is 0.119 e. The van der Waals surface area contributed by atoms with Gasteiger partial charge in [0.25, 0.3) is 0 Å². The number of ether oxygens (including phenoxy) is 2. The number of aryl methyl sites for hydroxylation is 1. The van der Waals surface area contributed by atoms with Crippen molar-refractivity contribution in [3.05, 3.63) is 29.3 Å². The van der Waals surface area contributed by atoms with Gasteiger partial charge in [0.15, 0.2) is 0 Å². The van der Waals surface area contributed by atoms with Crippen molar-refractivity contribution in [3.63, 3.8) is 0 Å². The van der Waals surface area contributed by atoms with Crippen LogP contribution in [0.2, 0.25) is 0 Å². The van der Waals surface area contributed by atoms with Crippen molar-refractivity contribution in [1.82, 2.24) is 0 Å². The van der Waals surface area contributed by atoms with Gasteiger partial charge in [-0.15, -0.1) is 0 Å². The van der Waals surface area contributed by atoms with E-state index in [0.717, 1.165) is 43.6 Å². The molecule has 1 fully saturated rings. The maximum absolute atomic E-state index is 9.71. The lowest BCUT2D eigenvalue weighted by Crippen LogP contribution is -2.16. The highest BCUT2D eigenvalue weighted by atomic mass is 16.5. The van der Waals surface area contributed by atoms with Crippen molar-refractivity contribution < 1.29 is 14.6 Å². The minimum atomic E-state index is -0.280. The minimum absolute atomic E-state index is 0.258. The molecule has 17 heavy (non-hydrogen) atoms. The summed E-state index contributed by atoms with van der Waals surface area (Å²) in [6, 6.07) is 5.99. The van der Waals surface area contributed by atoms with Crippen LogP contribution in [0.15, 0.2) is 18.2 Å². The van der Waals surface area contributed by atoms with E-state index in [-0.39, 0.29) is 12.2 Å². The Kier molecular flexibility index (Phi) is 3.04. The lowest BCUT2D eigenvalue weighted by atomic mass is 10.1. The highest BCUT2D eigenvalue weighted by Gasteiger charge is 2.21. The third kappa shape index (κ3) is 2.31. The Hall–Kier alpha value is -1.06. The maximum Gasteiger partial charge on any atom is 0.119 e. The summed E-state index contributed by atoms with van der Waals surface area (Å²) in [6.07, 6.45) is 4.01. The van der Waals surface area contributed by atoms with Gasteiger partial charge in [-0.25, -0.2) is 0 Å². The fourth-order valence-electron chi connectivity index (χ4n) is 2.63. The highest BCUT2D eigenvalue weighted by molar-refractivity contribution is 5.39. The van der Waals surface area contributed by atoms with Crippen LogP contribution >= 0.6 is 0 Å². The maximum atomic E-state index is 9.71. The molecule has 1 aliphatic heterocycles. The standard InChI is InChI=1S/C14H18O3/c15-14-6-3-10-8-11(4-5-13(10)14)17-9-12-2-1-7-16-12/h4-5,8,12,14-15H,1-3,6-7,9H2.